The summed E-state index contributed by atoms with van der Waals surface area (Å²) in [6.07, 6.45) is 3.11. The molecule has 0 radical (unpaired) electrons. The molecule has 1 heterocycles. The molecule has 0 aliphatic carbocycles. The van der Waals surface area contributed by atoms with E-state index in [4.69, 9.17) is 13.6 Å². The summed E-state index contributed by atoms with van der Waals surface area (Å²) in [5.41, 5.74) is 1.72. The first-order valence-electron chi connectivity index (χ1n) is 10.3. The third kappa shape index (κ3) is 7.14. The van der Waals surface area contributed by atoms with Crippen molar-refractivity contribution in [3.63, 3.8) is 0 Å². The van der Waals surface area contributed by atoms with Gasteiger partial charge in [0.25, 0.3) is 0 Å². The standard InChI is InChI=1S/C22H41NO4Si/c1-15(2)18-14-26-20(23-18)12-11-16(3)13-19(25-8)21(17(4)24)27-28(9,10)22(5,6)7/h14,16-17,19,21,24H,1,11-13H2,2-10H3/t16?,17?,19-,21-/m0/s1. The van der Waals surface area contributed by atoms with Crippen LogP contribution in [0.1, 0.15) is 66.0 Å². The van der Waals surface area contributed by atoms with E-state index in [0.717, 1.165) is 36.4 Å². The zero-order valence-electron chi connectivity index (χ0n) is 19.3. The summed E-state index contributed by atoms with van der Waals surface area (Å²) >= 11 is 0. The Kier molecular flexibility index (Phi) is 9.13. The summed E-state index contributed by atoms with van der Waals surface area (Å²) < 4.78 is 17.8. The van der Waals surface area contributed by atoms with Crippen molar-refractivity contribution in [3.8, 4) is 0 Å². The average molecular weight is 412 g/mol. The van der Waals surface area contributed by atoms with Gasteiger partial charge in [0, 0.05) is 13.5 Å². The first kappa shape index (κ1) is 25.1. The van der Waals surface area contributed by atoms with Crippen molar-refractivity contribution in [3.05, 3.63) is 24.4 Å². The maximum atomic E-state index is 10.4. The van der Waals surface area contributed by atoms with Crippen LogP contribution in [-0.4, -0.2) is 43.8 Å². The van der Waals surface area contributed by atoms with Crippen LogP contribution in [0.25, 0.3) is 5.57 Å². The summed E-state index contributed by atoms with van der Waals surface area (Å²) in [6, 6.07) is 0. The summed E-state index contributed by atoms with van der Waals surface area (Å²) in [4.78, 5) is 4.46. The van der Waals surface area contributed by atoms with Crippen LogP contribution in [0, 0.1) is 5.92 Å². The average Bonchev–Trinajstić information content (AvgIpc) is 3.04. The SMILES string of the molecule is C=C(C)c1coc(CCC(C)C[C@H](OC)[C@@H](O[Si](C)(C)C(C)(C)C)C(C)O)n1. The highest BCUT2D eigenvalue weighted by atomic mass is 28.4. The molecule has 0 aliphatic rings. The molecule has 5 nitrogen and oxygen atoms in total. The van der Waals surface area contributed by atoms with Crippen LogP contribution >= 0.6 is 0 Å². The van der Waals surface area contributed by atoms with Gasteiger partial charge in [0.1, 0.15) is 12.0 Å². The number of aryl methyl sites for hydroxylation is 1. The number of oxazole rings is 1. The van der Waals surface area contributed by atoms with Crippen molar-refractivity contribution in [2.24, 2.45) is 5.92 Å². The molecule has 1 aromatic heterocycles. The second-order valence-corrected chi connectivity index (χ2v) is 14.4. The number of nitrogens with zero attached hydrogens (tertiary/aromatic N) is 1. The Hall–Kier alpha value is -0.953. The predicted octanol–water partition coefficient (Wildman–Crippen LogP) is 5.45. The minimum absolute atomic E-state index is 0.0794. The van der Waals surface area contributed by atoms with Gasteiger partial charge in [-0.3, -0.25) is 0 Å². The molecular formula is C22H41NO4Si. The molecule has 6 heteroatoms. The molecule has 162 valence electrons. The van der Waals surface area contributed by atoms with Crippen molar-refractivity contribution in [1.29, 1.82) is 0 Å². The molecule has 0 saturated carbocycles. The fourth-order valence-electron chi connectivity index (χ4n) is 2.87. The fourth-order valence-corrected chi connectivity index (χ4v) is 4.26. The number of aromatic nitrogens is 1. The first-order valence-corrected chi connectivity index (χ1v) is 13.2. The van der Waals surface area contributed by atoms with Gasteiger partial charge in [0.2, 0.25) is 0 Å². The highest BCUT2D eigenvalue weighted by Gasteiger charge is 2.42. The van der Waals surface area contributed by atoms with Crippen LogP contribution in [0.15, 0.2) is 17.3 Å². The van der Waals surface area contributed by atoms with Crippen LogP contribution in [0.2, 0.25) is 18.1 Å². The van der Waals surface area contributed by atoms with Gasteiger partial charge < -0.3 is 18.7 Å². The van der Waals surface area contributed by atoms with Gasteiger partial charge in [-0.25, -0.2) is 4.98 Å². The topological polar surface area (TPSA) is 64.7 Å². The molecule has 1 N–H and O–H groups in total. The number of rotatable bonds is 11. The number of hydrogen-bond acceptors (Lipinski definition) is 5. The Bertz CT molecular complexity index is 618. The maximum Gasteiger partial charge on any atom is 0.194 e. The molecule has 0 aliphatic heterocycles. The van der Waals surface area contributed by atoms with Crippen LogP contribution in [0.3, 0.4) is 0 Å². The largest absolute Gasteiger partial charge is 0.448 e. The number of hydrogen-bond donors (Lipinski definition) is 1. The van der Waals surface area contributed by atoms with E-state index in [-0.39, 0.29) is 17.2 Å². The molecule has 28 heavy (non-hydrogen) atoms. The number of ether oxygens (including phenoxy) is 1. The van der Waals surface area contributed by atoms with E-state index in [1.807, 2.05) is 6.92 Å². The minimum Gasteiger partial charge on any atom is -0.448 e. The highest BCUT2D eigenvalue weighted by molar-refractivity contribution is 6.74. The van der Waals surface area contributed by atoms with Crippen molar-refractivity contribution in [2.75, 3.05) is 7.11 Å². The molecule has 0 amide bonds. The molecule has 0 aromatic carbocycles. The van der Waals surface area contributed by atoms with Crippen LogP contribution in [0.4, 0.5) is 0 Å². The zero-order valence-corrected chi connectivity index (χ0v) is 20.3. The molecular weight excluding hydrogens is 370 g/mol. The zero-order chi connectivity index (χ0) is 21.7. The Morgan fingerprint density at radius 3 is 2.36 bits per heavy atom. The smallest absolute Gasteiger partial charge is 0.194 e. The summed E-state index contributed by atoms with van der Waals surface area (Å²) in [6.45, 7) is 20.8. The van der Waals surface area contributed by atoms with E-state index in [0.29, 0.717) is 5.92 Å². The van der Waals surface area contributed by atoms with Crippen LogP contribution in [-0.2, 0) is 15.6 Å². The maximum absolute atomic E-state index is 10.4. The highest BCUT2D eigenvalue weighted by Crippen LogP contribution is 2.38. The Balaban J connectivity index is 2.73. The Morgan fingerprint density at radius 2 is 1.93 bits per heavy atom. The number of allylic oxidation sites excluding steroid dienone is 1. The number of aliphatic hydroxyl groups excluding tert-OH is 1. The minimum atomic E-state index is -2.01. The fraction of sp³-hybridized carbons (Fsp3) is 0.773. The molecule has 0 fully saturated rings. The summed E-state index contributed by atoms with van der Waals surface area (Å²) in [7, 11) is -0.310. The molecule has 2 unspecified atom stereocenters. The monoisotopic (exact) mass is 411 g/mol. The van der Waals surface area contributed by atoms with Gasteiger partial charge in [-0.2, -0.15) is 0 Å². The van der Waals surface area contributed by atoms with Crippen LogP contribution < -0.4 is 0 Å². The molecule has 0 saturated heterocycles. The second kappa shape index (κ2) is 10.2. The molecule has 4 atom stereocenters. The lowest BCUT2D eigenvalue weighted by molar-refractivity contribution is -0.0697. The van der Waals surface area contributed by atoms with Gasteiger partial charge >= 0.3 is 0 Å². The first-order chi connectivity index (χ1) is 12.8. The predicted molar refractivity (Wildman–Crippen MR) is 118 cm³/mol. The Morgan fingerprint density at radius 1 is 1.32 bits per heavy atom. The van der Waals surface area contributed by atoms with E-state index in [1.165, 1.54) is 0 Å². The van der Waals surface area contributed by atoms with Crippen molar-refractivity contribution >= 4 is 13.9 Å². The van der Waals surface area contributed by atoms with Gasteiger partial charge in [0.05, 0.1) is 18.3 Å². The van der Waals surface area contributed by atoms with E-state index in [2.05, 4.69) is 52.4 Å². The molecule has 0 spiro atoms. The lowest BCUT2D eigenvalue weighted by Crippen LogP contribution is -2.51. The number of aliphatic hydroxyl groups is 1. The normalized spacial score (nSPS) is 17.2. The molecule has 1 aromatic rings. The number of methoxy groups -OCH3 is 1. The van der Waals surface area contributed by atoms with E-state index in [1.54, 1.807) is 20.3 Å². The summed E-state index contributed by atoms with van der Waals surface area (Å²) in [5, 5.41) is 10.5. The lowest BCUT2D eigenvalue weighted by Gasteiger charge is -2.42. The molecule has 1 rings (SSSR count). The lowest BCUT2D eigenvalue weighted by atomic mass is 9.94. The molecule has 0 bridgehead atoms. The van der Waals surface area contributed by atoms with Gasteiger partial charge in [0.15, 0.2) is 14.2 Å². The Labute approximate surface area is 172 Å². The van der Waals surface area contributed by atoms with E-state index >= 15 is 0 Å². The van der Waals surface area contributed by atoms with Crippen LogP contribution in [0.5, 0.6) is 0 Å². The van der Waals surface area contributed by atoms with Crippen molar-refractivity contribution in [1.82, 2.24) is 4.98 Å². The summed E-state index contributed by atoms with van der Waals surface area (Å²) in [5.74, 6) is 1.12. The van der Waals surface area contributed by atoms with Gasteiger partial charge in [-0.05, 0) is 56.3 Å². The van der Waals surface area contributed by atoms with Gasteiger partial charge in [-0.15, -0.1) is 0 Å². The van der Waals surface area contributed by atoms with Crippen molar-refractivity contribution in [2.45, 2.75) is 97.2 Å². The third-order valence-electron chi connectivity index (χ3n) is 5.86. The van der Waals surface area contributed by atoms with Gasteiger partial charge in [-0.1, -0.05) is 34.3 Å². The second-order valence-electron chi connectivity index (χ2n) is 9.64. The third-order valence-corrected chi connectivity index (χ3v) is 10.3. The van der Waals surface area contributed by atoms with Crippen molar-refractivity contribution < 1.29 is 18.7 Å². The quantitative estimate of drug-likeness (QED) is 0.490. The van der Waals surface area contributed by atoms with E-state index < -0.39 is 14.4 Å². The van der Waals surface area contributed by atoms with E-state index in [9.17, 15) is 5.11 Å².